The van der Waals surface area contributed by atoms with E-state index in [1.54, 1.807) is 18.2 Å². The second kappa shape index (κ2) is 4.87. The van der Waals surface area contributed by atoms with Crippen molar-refractivity contribution >= 4 is 48.8 Å². The van der Waals surface area contributed by atoms with E-state index in [9.17, 15) is 13.2 Å². The maximum atomic E-state index is 11.9. The van der Waals surface area contributed by atoms with Crippen molar-refractivity contribution in [1.29, 1.82) is 0 Å². The van der Waals surface area contributed by atoms with E-state index >= 15 is 0 Å². The summed E-state index contributed by atoms with van der Waals surface area (Å²) in [6.45, 7) is 0. The van der Waals surface area contributed by atoms with Gasteiger partial charge in [-0.25, -0.2) is 8.42 Å². The molecule has 0 unspecified atom stereocenters. The Balaban J connectivity index is 2.38. The molecule has 7 heteroatoms. The first-order valence-electron chi connectivity index (χ1n) is 5.02. The van der Waals surface area contributed by atoms with Crippen LogP contribution >= 0.6 is 22.9 Å². The van der Waals surface area contributed by atoms with E-state index in [-0.39, 0.29) is 9.96 Å². The van der Waals surface area contributed by atoms with Crippen molar-refractivity contribution in [1.82, 2.24) is 0 Å². The van der Waals surface area contributed by atoms with E-state index in [0.29, 0.717) is 5.02 Å². The molecule has 0 saturated heterocycles. The number of hydrogen-bond acceptors (Lipinski definition) is 4. The zero-order chi connectivity index (χ0) is 13.3. The molecule has 0 amide bonds. The van der Waals surface area contributed by atoms with Crippen LogP contribution in [-0.2, 0) is 14.6 Å². The third-order valence-electron chi connectivity index (χ3n) is 2.35. The fraction of sp³-hybridized carbons (Fsp3) is 0.182. The summed E-state index contributed by atoms with van der Waals surface area (Å²) in [7, 11) is -3.54. The topological polar surface area (TPSA) is 71.4 Å². The van der Waals surface area contributed by atoms with Crippen LogP contribution in [0.4, 0.5) is 0 Å². The summed E-state index contributed by atoms with van der Waals surface area (Å²) in [6, 6.07) is 6.65. The molecular formula is C11H9ClO4S2. The lowest BCUT2D eigenvalue weighted by molar-refractivity contribution is -0.136. The average Bonchev–Trinajstić information content (AvgIpc) is 2.70. The van der Waals surface area contributed by atoms with Crippen molar-refractivity contribution in [2.45, 2.75) is 10.6 Å². The number of halogens is 1. The molecule has 0 aliphatic heterocycles. The summed E-state index contributed by atoms with van der Waals surface area (Å²) in [5.41, 5.74) is 0. The monoisotopic (exact) mass is 304 g/mol. The van der Waals surface area contributed by atoms with Gasteiger partial charge in [-0.1, -0.05) is 11.6 Å². The van der Waals surface area contributed by atoms with E-state index in [1.807, 2.05) is 0 Å². The van der Waals surface area contributed by atoms with Crippen LogP contribution in [0.3, 0.4) is 0 Å². The SMILES string of the molecule is O=C(O)CCS(=O)(=O)c1cc2cc(Cl)ccc2s1. The number of benzene rings is 1. The second-order valence-corrected chi connectivity index (χ2v) is 7.57. The molecule has 0 fully saturated rings. The summed E-state index contributed by atoms with van der Waals surface area (Å²) in [5.74, 6) is -1.51. The van der Waals surface area contributed by atoms with Crippen molar-refractivity contribution in [3.8, 4) is 0 Å². The molecule has 1 heterocycles. The summed E-state index contributed by atoms with van der Waals surface area (Å²) in [4.78, 5) is 10.4. The molecule has 0 spiro atoms. The Morgan fingerprint density at radius 1 is 1.33 bits per heavy atom. The lowest BCUT2D eigenvalue weighted by Gasteiger charge is -1.97. The fourth-order valence-electron chi connectivity index (χ4n) is 1.47. The smallest absolute Gasteiger partial charge is 0.304 e. The molecule has 96 valence electrons. The number of sulfone groups is 1. The second-order valence-electron chi connectivity index (χ2n) is 3.71. The highest BCUT2D eigenvalue weighted by Gasteiger charge is 2.19. The van der Waals surface area contributed by atoms with Crippen molar-refractivity contribution in [3.63, 3.8) is 0 Å². The van der Waals surface area contributed by atoms with Crippen LogP contribution in [0.2, 0.25) is 5.02 Å². The average molecular weight is 305 g/mol. The van der Waals surface area contributed by atoms with Gasteiger partial charge in [0.1, 0.15) is 4.21 Å². The number of hydrogen-bond donors (Lipinski definition) is 1. The minimum Gasteiger partial charge on any atom is -0.481 e. The lowest BCUT2D eigenvalue weighted by atomic mass is 10.3. The van der Waals surface area contributed by atoms with Gasteiger partial charge in [-0.3, -0.25) is 4.79 Å². The van der Waals surface area contributed by atoms with Gasteiger partial charge in [0.15, 0.2) is 9.84 Å². The highest BCUT2D eigenvalue weighted by Crippen LogP contribution is 2.31. The number of aliphatic carboxylic acids is 1. The molecule has 1 aromatic heterocycles. The molecule has 0 bridgehead atoms. The molecule has 2 aromatic rings. The number of thiophene rings is 1. The Kier molecular flexibility index (Phi) is 3.61. The number of fused-ring (bicyclic) bond motifs is 1. The zero-order valence-corrected chi connectivity index (χ0v) is 11.5. The quantitative estimate of drug-likeness (QED) is 0.943. The van der Waals surface area contributed by atoms with E-state index in [1.165, 1.54) is 6.07 Å². The third kappa shape index (κ3) is 2.82. The minimum absolute atomic E-state index is 0.181. The molecule has 2 rings (SSSR count). The van der Waals surface area contributed by atoms with Crippen LogP contribution in [0.15, 0.2) is 28.5 Å². The number of rotatable bonds is 4. The third-order valence-corrected chi connectivity index (χ3v) is 5.98. The molecule has 1 aromatic carbocycles. The van der Waals surface area contributed by atoms with E-state index in [2.05, 4.69) is 0 Å². The fourth-order valence-corrected chi connectivity index (χ4v) is 4.40. The number of carbonyl (C=O) groups is 1. The van der Waals surface area contributed by atoms with Crippen LogP contribution in [0, 0.1) is 0 Å². The Bertz CT molecular complexity index is 703. The first-order valence-corrected chi connectivity index (χ1v) is 7.87. The van der Waals surface area contributed by atoms with Crippen molar-refractivity contribution in [2.24, 2.45) is 0 Å². The molecule has 0 radical (unpaired) electrons. The van der Waals surface area contributed by atoms with Crippen molar-refractivity contribution in [2.75, 3.05) is 5.75 Å². The van der Waals surface area contributed by atoms with Gasteiger partial charge < -0.3 is 5.11 Å². The van der Waals surface area contributed by atoms with Crippen LogP contribution in [-0.4, -0.2) is 25.2 Å². The van der Waals surface area contributed by atoms with Gasteiger partial charge in [0.2, 0.25) is 0 Å². The van der Waals surface area contributed by atoms with Gasteiger partial charge in [-0.2, -0.15) is 0 Å². The standard InChI is InChI=1S/C11H9ClO4S2/c12-8-1-2-9-7(5-8)6-11(17-9)18(15,16)4-3-10(13)14/h1-2,5-6H,3-4H2,(H,13,14). The first-order chi connectivity index (χ1) is 8.38. The lowest BCUT2D eigenvalue weighted by Crippen LogP contribution is -2.09. The first kappa shape index (κ1) is 13.3. The summed E-state index contributed by atoms with van der Waals surface area (Å²) >= 11 is 6.95. The van der Waals surface area contributed by atoms with E-state index < -0.39 is 22.2 Å². The van der Waals surface area contributed by atoms with Gasteiger partial charge in [0.05, 0.1) is 12.2 Å². The highest BCUT2D eigenvalue weighted by atomic mass is 35.5. The van der Waals surface area contributed by atoms with Crippen molar-refractivity contribution < 1.29 is 18.3 Å². The predicted octanol–water partition coefficient (Wildman–Crippen LogP) is 2.80. The number of carboxylic acids is 1. The molecule has 1 N–H and O–H groups in total. The van der Waals surface area contributed by atoms with Gasteiger partial charge in [0.25, 0.3) is 0 Å². The Labute approximate surface area is 113 Å². The Morgan fingerprint density at radius 2 is 2.06 bits per heavy atom. The molecule has 18 heavy (non-hydrogen) atoms. The highest BCUT2D eigenvalue weighted by molar-refractivity contribution is 7.93. The van der Waals surface area contributed by atoms with Crippen LogP contribution < -0.4 is 0 Å². The molecule has 0 atom stereocenters. The number of carboxylic acid groups (broad SMARTS) is 1. The van der Waals surface area contributed by atoms with Crippen molar-refractivity contribution in [3.05, 3.63) is 29.3 Å². The summed E-state index contributed by atoms with van der Waals surface area (Å²) in [6.07, 6.45) is -0.392. The van der Waals surface area contributed by atoms with E-state index in [4.69, 9.17) is 16.7 Å². The maximum Gasteiger partial charge on any atom is 0.304 e. The van der Waals surface area contributed by atoms with Crippen LogP contribution in [0.5, 0.6) is 0 Å². The van der Waals surface area contributed by atoms with Gasteiger partial charge in [-0.05, 0) is 29.7 Å². The predicted molar refractivity (Wildman–Crippen MR) is 71.1 cm³/mol. The van der Waals surface area contributed by atoms with Crippen LogP contribution in [0.1, 0.15) is 6.42 Å². The van der Waals surface area contributed by atoms with Crippen LogP contribution in [0.25, 0.3) is 10.1 Å². The largest absolute Gasteiger partial charge is 0.481 e. The zero-order valence-electron chi connectivity index (χ0n) is 9.09. The summed E-state index contributed by atoms with van der Waals surface area (Å²) in [5, 5.41) is 9.81. The van der Waals surface area contributed by atoms with Gasteiger partial charge in [0, 0.05) is 9.72 Å². The Hall–Kier alpha value is -1.11. The maximum absolute atomic E-state index is 11.9. The van der Waals surface area contributed by atoms with E-state index in [0.717, 1.165) is 21.4 Å². The minimum atomic E-state index is -3.54. The van der Waals surface area contributed by atoms with Gasteiger partial charge >= 0.3 is 5.97 Å². The molecule has 4 nitrogen and oxygen atoms in total. The molecular weight excluding hydrogens is 296 g/mol. The summed E-state index contributed by atoms with van der Waals surface area (Å²) < 4.78 is 24.8. The van der Waals surface area contributed by atoms with Gasteiger partial charge in [-0.15, -0.1) is 11.3 Å². The molecule has 0 aliphatic rings. The normalized spacial score (nSPS) is 11.8. The molecule has 0 aliphatic carbocycles. The molecule has 0 saturated carbocycles. The Morgan fingerprint density at radius 3 is 2.72 bits per heavy atom.